The summed E-state index contributed by atoms with van der Waals surface area (Å²) in [6.07, 6.45) is 5.70. The molecule has 2 fully saturated rings. The Morgan fingerprint density at radius 2 is 2.11 bits per heavy atom. The van der Waals surface area contributed by atoms with E-state index in [-0.39, 0.29) is 17.4 Å². The fourth-order valence-corrected chi connectivity index (χ4v) is 4.51. The number of hydrogen-bond donors (Lipinski definition) is 1. The van der Waals surface area contributed by atoms with Crippen LogP contribution in [0.4, 0.5) is 0 Å². The van der Waals surface area contributed by atoms with E-state index in [0.29, 0.717) is 49.8 Å². The first-order valence-corrected chi connectivity index (χ1v) is 9.89. The molecule has 0 radical (unpaired) electrons. The van der Waals surface area contributed by atoms with Crippen molar-refractivity contribution in [1.82, 2.24) is 19.9 Å². The Balaban J connectivity index is 1.34. The molecule has 1 saturated heterocycles. The van der Waals surface area contributed by atoms with E-state index in [9.17, 15) is 14.7 Å². The van der Waals surface area contributed by atoms with Gasteiger partial charge in [0.2, 0.25) is 5.91 Å². The lowest BCUT2D eigenvalue weighted by Gasteiger charge is -2.47. The van der Waals surface area contributed by atoms with Crippen molar-refractivity contribution in [2.75, 3.05) is 13.1 Å². The topological polar surface area (TPSA) is 88.3 Å². The molecule has 0 spiro atoms. The van der Waals surface area contributed by atoms with Crippen LogP contribution in [0.3, 0.4) is 0 Å². The Labute approximate surface area is 158 Å². The molecule has 2 heterocycles. The first-order valence-electron chi connectivity index (χ1n) is 9.89. The first kappa shape index (κ1) is 18.1. The number of aliphatic hydroxyl groups is 1. The molecule has 0 unspecified atom stereocenters. The maximum atomic E-state index is 12.6. The summed E-state index contributed by atoms with van der Waals surface area (Å²) in [4.78, 5) is 26.9. The normalized spacial score (nSPS) is 25.4. The molecule has 1 N–H and O–H groups in total. The summed E-state index contributed by atoms with van der Waals surface area (Å²) in [7, 11) is 0. The van der Waals surface area contributed by atoms with Crippen molar-refractivity contribution in [2.24, 2.45) is 5.92 Å². The average molecular weight is 370 g/mol. The fourth-order valence-electron chi connectivity index (χ4n) is 4.51. The van der Waals surface area contributed by atoms with Crippen molar-refractivity contribution < 1.29 is 9.90 Å². The Bertz CT molecular complexity index is 896. The van der Waals surface area contributed by atoms with Crippen molar-refractivity contribution in [2.45, 2.75) is 57.1 Å². The number of rotatable bonds is 4. The van der Waals surface area contributed by atoms with E-state index in [4.69, 9.17) is 0 Å². The van der Waals surface area contributed by atoms with Crippen LogP contribution in [0.5, 0.6) is 0 Å². The number of benzene rings is 1. The maximum absolute atomic E-state index is 12.6. The van der Waals surface area contributed by atoms with E-state index < -0.39 is 5.60 Å². The van der Waals surface area contributed by atoms with E-state index in [1.807, 2.05) is 17.0 Å². The molecule has 7 nitrogen and oxygen atoms in total. The highest BCUT2D eigenvalue weighted by atomic mass is 16.3. The number of likely N-dealkylation sites (tertiary alicyclic amines) is 1. The zero-order valence-corrected chi connectivity index (χ0v) is 15.5. The van der Waals surface area contributed by atoms with Crippen molar-refractivity contribution in [3.8, 4) is 0 Å². The van der Waals surface area contributed by atoms with Crippen LogP contribution >= 0.6 is 0 Å². The van der Waals surface area contributed by atoms with Gasteiger partial charge in [0.15, 0.2) is 0 Å². The Morgan fingerprint density at radius 3 is 3.00 bits per heavy atom. The zero-order valence-electron chi connectivity index (χ0n) is 15.5. The van der Waals surface area contributed by atoms with Crippen LogP contribution < -0.4 is 5.56 Å². The van der Waals surface area contributed by atoms with Gasteiger partial charge in [0.05, 0.1) is 11.0 Å². The minimum Gasteiger partial charge on any atom is -0.389 e. The second-order valence-corrected chi connectivity index (χ2v) is 7.87. The summed E-state index contributed by atoms with van der Waals surface area (Å²) >= 11 is 0. The van der Waals surface area contributed by atoms with Gasteiger partial charge in [-0.15, -0.1) is 5.10 Å². The summed E-state index contributed by atoms with van der Waals surface area (Å²) in [6, 6.07) is 7.14. The molecule has 27 heavy (non-hydrogen) atoms. The number of nitrogens with zero attached hydrogens (tertiary/aromatic N) is 4. The van der Waals surface area contributed by atoms with Gasteiger partial charge in [-0.3, -0.25) is 9.59 Å². The lowest BCUT2D eigenvalue weighted by Crippen LogP contribution is -2.54. The molecule has 2 aromatic rings. The van der Waals surface area contributed by atoms with Crippen molar-refractivity contribution in [3.05, 3.63) is 34.6 Å². The third kappa shape index (κ3) is 3.60. The number of hydrogen-bond acceptors (Lipinski definition) is 5. The minimum absolute atomic E-state index is 0.101. The molecule has 1 amide bonds. The summed E-state index contributed by atoms with van der Waals surface area (Å²) in [6.45, 7) is 1.66. The smallest absolute Gasteiger partial charge is 0.277 e. The largest absolute Gasteiger partial charge is 0.389 e. The predicted molar refractivity (Wildman–Crippen MR) is 101 cm³/mol. The Morgan fingerprint density at radius 1 is 1.26 bits per heavy atom. The number of aromatic nitrogens is 3. The van der Waals surface area contributed by atoms with Gasteiger partial charge in [0.1, 0.15) is 5.52 Å². The Kier molecular flexibility index (Phi) is 4.95. The molecule has 1 saturated carbocycles. The van der Waals surface area contributed by atoms with E-state index in [0.717, 1.165) is 25.7 Å². The molecule has 1 aromatic carbocycles. The van der Waals surface area contributed by atoms with Gasteiger partial charge in [-0.05, 0) is 37.8 Å². The monoisotopic (exact) mass is 370 g/mol. The summed E-state index contributed by atoms with van der Waals surface area (Å²) in [5, 5.41) is 19.3. The molecule has 0 bridgehead atoms. The third-order valence-electron chi connectivity index (χ3n) is 6.17. The highest BCUT2D eigenvalue weighted by Gasteiger charge is 2.43. The molecular weight excluding hydrogens is 344 g/mol. The third-order valence-corrected chi connectivity index (χ3v) is 6.17. The summed E-state index contributed by atoms with van der Waals surface area (Å²) in [5.74, 6) is 0.308. The molecule has 7 heteroatoms. The number of aryl methyl sites for hydroxylation is 1. The van der Waals surface area contributed by atoms with Crippen molar-refractivity contribution in [1.29, 1.82) is 0 Å². The molecule has 1 aromatic heterocycles. The van der Waals surface area contributed by atoms with Gasteiger partial charge in [-0.2, -0.15) is 0 Å². The zero-order chi connectivity index (χ0) is 18.9. The molecule has 4 rings (SSSR count). The van der Waals surface area contributed by atoms with E-state index in [1.165, 1.54) is 4.68 Å². The first-order chi connectivity index (χ1) is 13.1. The lowest BCUT2D eigenvalue weighted by molar-refractivity contribution is -0.143. The Hall–Kier alpha value is -2.28. The molecule has 1 aliphatic heterocycles. The number of carbonyl (C=O) groups excluding carboxylic acids is 1. The molecule has 2 aliphatic rings. The fraction of sp³-hybridized carbons (Fsp3) is 0.600. The van der Waals surface area contributed by atoms with E-state index >= 15 is 0 Å². The van der Waals surface area contributed by atoms with Crippen molar-refractivity contribution in [3.63, 3.8) is 0 Å². The van der Waals surface area contributed by atoms with Gasteiger partial charge < -0.3 is 10.0 Å². The molecule has 2 atom stereocenters. The standard InChI is InChI=1S/C20H26N4O3/c25-18(23-13-11-20(27)10-4-3-6-15(20)14-23)9-5-12-24-19(26)16-7-1-2-8-17(16)21-22-24/h1-2,7-8,15,27H,3-6,9-14H2/t15-,20-/m0/s1. The van der Waals surface area contributed by atoms with E-state index in [1.54, 1.807) is 12.1 Å². The van der Waals surface area contributed by atoms with Crippen LogP contribution in [0.15, 0.2) is 29.1 Å². The number of piperidine rings is 1. The molecule has 1 aliphatic carbocycles. The van der Waals surface area contributed by atoms with Crippen LogP contribution in [-0.4, -0.2) is 49.6 Å². The van der Waals surface area contributed by atoms with Crippen LogP contribution in [0.2, 0.25) is 0 Å². The quantitative estimate of drug-likeness (QED) is 0.885. The predicted octanol–water partition coefficient (Wildman–Crippen LogP) is 1.73. The summed E-state index contributed by atoms with van der Waals surface area (Å²) < 4.78 is 1.34. The van der Waals surface area contributed by atoms with Gasteiger partial charge in [-0.1, -0.05) is 30.2 Å². The number of carbonyl (C=O) groups is 1. The van der Waals surface area contributed by atoms with Crippen LogP contribution in [-0.2, 0) is 11.3 Å². The summed E-state index contributed by atoms with van der Waals surface area (Å²) in [5.41, 5.74) is -0.148. The highest BCUT2D eigenvalue weighted by Crippen LogP contribution is 2.39. The maximum Gasteiger partial charge on any atom is 0.277 e. The van der Waals surface area contributed by atoms with Gasteiger partial charge in [-0.25, -0.2) is 4.68 Å². The van der Waals surface area contributed by atoms with Crippen LogP contribution in [0.25, 0.3) is 10.9 Å². The molecular formula is C20H26N4O3. The van der Waals surface area contributed by atoms with Crippen molar-refractivity contribution >= 4 is 16.8 Å². The van der Waals surface area contributed by atoms with Gasteiger partial charge in [0, 0.05) is 32.0 Å². The second-order valence-electron chi connectivity index (χ2n) is 7.87. The van der Waals surface area contributed by atoms with Crippen LogP contribution in [0, 0.1) is 5.92 Å². The van der Waals surface area contributed by atoms with Gasteiger partial charge in [0.25, 0.3) is 5.56 Å². The lowest BCUT2D eigenvalue weighted by atomic mass is 9.71. The highest BCUT2D eigenvalue weighted by molar-refractivity contribution is 5.77. The minimum atomic E-state index is -0.566. The van der Waals surface area contributed by atoms with E-state index in [2.05, 4.69) is 10.3 Å². The SMILES string of the molecule is O=C(CCCn1nnc2ccccc2c1=O)N1CC[C@@]2(O)CCCC[C@H]2C1. The van der Waals surface area contributed by atoms with Crippen LogP contribution in [0.1, 0.15) is 44.9 Å². The van der Waals surface area contributed by atoms with Gasteiger partial charge >= 0.3 is 0 Å². The number of amides is 1. The second kappa shape index (κ2) is 7.38. The number of fused-ring (bicyclic) bond motifs is 2. The molecule has 144 valence electrons. The average Bonchev–Trinajstić information content (AvgIpc) is 2.69.